The summed E-state index contributed by atoms with van der Waals surface area (Å²) in [4.78, 5) is 9.47. The second-order valence-electron chi connectivity index (χ2n) is 5.05. The number of hydrogen-bond acceptors (Lipinski definition) is 6. The Labute approximate surface area is 167 Å². The molecule has 2 aromatic heterocycles. The van der Waals surface area contributed by atoms with Crippen LogP contribution in [-0.4, -0.2) is 9.97 Å². The van der Waals surface area contributed by atoms with Crippen molar-refractivity contribution in [2.45, 2.75) is 9.92 Å². The SMILES string of the molecule is N#Cc1c(N)nc(Sc2ccc(Cl)cc2)c(C#N)c1-c1cccc(Br)n1. The summed E-state index contributed by atoms with van der Waals surface area (Å²) in [5.41, 5.74) is 7.22. The number of nitriles is 2. The van der Waals surface area contributed by atoms with Crippen LogP contribution in [0.4, 0.5) is 5.82 Å². The maximum Gasteiger partial charge on any atom is 0.143 e. The van der Waals surface area contributed by atoms with E-state index in [1.165, 1.54) is 11.8 Å². The summed E-state index contributed by atoms with van der Waals surface area (Å²) in [6.45, 7) is 0. The molecule has 126 valence electrons. The third kappa shape index (κ3) is 3.66. The molecule has 0 bridgehead atoms. The molecule has 5 nitrogen and oxygen atoms in total. The summed E-state index contributed by atoms with van der Waals surface area (Å²) >= 11 is 10.5. The first-order valence-electron chi connectivity index (χ1n) is 7.23. The number of hydrogen-bond donors (Lipinski definition) is 1. The van der Waals surface area contributed by atoms with Gasteiger partial charge in [-0.15, -0.1) is 0 Å². The van der Waals surface area contributed by atoms with E-state index in [1.54, 1.807) is 30.3 Å². The summed E-state index contributed by atoms with van der Waals surface area (Å²) in [7, 11) is 0. The van der Waals surface area contributed by atoms with Crippen molar-refractivity contribution < 1.29 is 0 Å². The van der Waals surface area contributed by atoms with E-state index in [0.717, 1.165) is 4.90 Å². The van der Waals surface area contributed by atoms with Gasteiger partial charge in [-0.25, -0.2) is 9.97 Å². The van der Waals surface area contributed by atoms with Crippen molar-refractivity contribution in [1.82, 2.24) is 9.97 Å². The van der Waals surface area contributed by atoms with Crippen molar-refractivity contribution in [2.24, 2.45) is 0 Å². The van der Waals surface area contributed by atoms with Gasteiger partial charge < -0.3 is 5.73 Å². The zero-order valence-corrected chi connectivity index (χ0v) is 16.2. The lowest BCUT2D eigenvalue weighted by Crippen LogP contribution is -2.04. The van der Waals surface area contributed by atoms with E-state index < -0.39 is 0 Å². The molecule has 0 saturated carbocycles. The molecule has 8 heteroatoms. The van der Waals surface area contributed by atoms with Gasteiger partial charge >= 0.3 is 0 Å². The number of nitrogens with two attached hydrogens (primary N) is 1. The van der Waals surface area contributed by atoms with Crippen LogP contribution < -0.4 is 5.73 Å². The third-order valence-corrected chi connectivity index (χ3v) is 5.11. The molecule has 3 rings (SSSR count). The number of anilines is 1. The maximum atomic E-state index is 9.75. The second kappa shape index (κ2) is 7.76. The monoisotopic (exact) mass is 441 g/mol. The lowest BCUT2D eigenvalue weighted by molar-refractivity contribution is 1.11. The minimum absolute atomic E-state index is 0.0553. The first-order valence-corrected chi connectivity index (χ1v) is 9.22. The Bertz CT molecular complexity index is 1070. The van der Waals surface area contributed by atoms with Crippen molar-refractivity contribution in [1.29, 1.82) is 10.5 Å². The molecule has 2 heterocycles. The van der Waals surface area contributed by atoms with Crippen LogP contribution >= 0.6 is 39.3 Å². The standard InChI is InChI=1S/C18H9BrClN5S/c19-15-3-1-2-14(24-15)16-12(8-21)17(23)25-18(13(16)9-22)26-11-6-4-10(20)5-7-11/h1-7H,(H2,23,25). The first-order chi connectivity index (χ1) is 12.5. The summed E-state index contributed by atoms with van der Waals surface area (Å²) in [5, 5.41) is 20.3. The van der Waals surface area contributed by atoms with Crippen LogP contribution in [-0.2, 0) is 0 Å². The van der Waals surface area contributed by atoms with Crippen molar-refractivity contribution in [3.8, 4) is 23.4 Å². The van der Waals surface area contributed by atoms with Gasteiger partial charge in [0.25, 0.3) is 0 Å². The Morgan fingerprint density at radius 2 is 1.69 bits per heavy atom. The summed E-state index contributed by atoms with van der Waals surface area (Å²) < 4.78 is 0.588. The average Bonchev–Trinajstić information content (AvgIpc) is 2.63. The highest BCUT2D eigenvalue weighted by Crippen LogP contribution is 2.38. The number of benzene rings is 1. The van der Waals surface area contributed by atoms with Crippen molar-refractivity contribution in [2.75, 3.05) is 5.73 Å². The van der Waals surface area contributed by atoms with Gasteiger partial charge in [-0.2, -0.15) is 10.5 Å². The molecule has 3 aromatic rings. The smallest absolute Gasteiger partial charge is 0.143 e. The first kappa shape index (κ1) is 18.2. The lowest BCUT2D eigenvalue weighted by atomic mass is 10.0. The Balaban J connectivity index is 2.23. The highest BCUT2D eigenvalue weighted by Gasteiger charge is 2.21. The number of nitrogen functional groups attached to an aromatic ring is 1. The van der Waals surface area contributed by atoms with Crippen molar-refractivity contribution >= 4 is 45.1 Å². The van der Waals surface area contributed by atoms with Crippen LogP contribution in [0.5, 0.6) is 0 Å². The Morgan fingerprint density at radius 1 is 1.00 bits per heavy atom. The average molecular weight is 443 g/mol. The van der Waals surface area contributed by atoms with E-state index in [9.17, 15) is 10.5 Å². The number of halogens is 2. The molecule has 26 heavy (non-hydrogen) atoms. The van der Waals surface area contributed by atoms with Crippen molar-refractivity contribution in [3.63, 3.8) is 0 Å². The van der Waals surface area contributed by atoms with Gasteiger partial charge in [-0.05, 0) is 52.3 Å². The predicted octanol–water partition coefficient (Wildman–Crippen LogP) is 5.04. The van der Waals surface area contributed by atoms with Gasteiger partial charge in [0.15, 0.2) is 0 Å². The second-order valence-corrected chi connectivity index (χ2v) is 7.36. The molecular formula is C18H9BrClN5S. The third-order valence-electron chi connectivity index (χ3n) is 3.42. The number of rotatable bonds is 3. The highest BCUT2D eigenvalue weighted by atomic mass is 79.9. The van der Waals surface area contributed by atoms with Crippen LogP contribution in [0.3, 0.4) is 0 Å². The Morgan fingerprint density at radius 3 is 2.31 bits per heavy atom. The summed E-state index contributed by atoms with van der Waals surface area (Å²) in [6.07, 6.45) is 0. The zero-order valence-electron chi connectivity index (χ0n) is 13.1. The molecule has 0 amide bonds. The topological polar surface area (TPSA) is 99.4 Å². The van der Waals surface area contributed by atoms with Gasteiger partial charge in [0.05, 0.1) is 11.3 Å². The summed E-state index contributed by atoms with van der Waals surface area (Å²) in [5.74, 6) is 0.0553. The Kier molecular flexibility index (Phi) is 5.43. The molecular weight excluding hydrogens is 434 g/mol. The molecule has 0 saturated heterocycles. The molecule has 0 spiro atoms. The van der Waals surface area contributed by atoms with Crippen LogP contribution in [0.15, 0.2) is 57.0 Å². The van der Waals surface area contributed by atoms with E-state index in [1.807, 2.05) is 18.2 Å². The molecule has 0 aliphatic heterocycles. The quantitative estimate of drug-likeness (QED) is 0.571. The van der Waals surface area contributed by atoms with Crippen LogP contribution in [0.25, 0.3) is 11.3 Å². The van der Waals surface area contributed by atoms with Gasteiger partial charge in [0.1, 0.15) is 33.1 Å². The fourth-order valence-electron chi connectivity index (χ4n) is 2.29. The van der Waals surface area contributed by atoms with Crippen LogP contribution in [0.1, 0.15) is 11.1 Å². The molecule has 0 radical (unpaired) electrons. The van der Waals surface area contributed by atoms with E-state index in [-0.39, 0.29) is 16.9 Å². The number of nitrogens with zero attached hydrogens (tertiary/aromatic N) is 4. The fourth-order valence-corrected chi connectivity index (χ4v) is 3.65. The van der Waals surface area contributed by atoms with E-state index in [0.29, 0.717) is 25.9 Å². The predicted molar refractivity (Wildman–Crippen MR) is 105 cm³/mol. The minimum atomic E-state index is 0.0553. The van der Waals surface area contributed by atoms with E-state index >= 15 is 0 Å². The number of aromatic nitrogens is 2. The molecule has 0 fully saturated rings. The molecule has 0 aliphatic carbocycles. The largest absolute Gasteiger partial charge is 0.383 e. The van der Waals surface area contributed by atoms with Crippen molar-refractivity contribution in [3.05, 3.63) is 63.2 Å². The van der Waals surface area contributed by atoms with Crippen LogP contribution in [0.2, 0.25) is 5.02 Å². The minimum Gasteiger partial charge on any atom is -0.383 e. The Hall–Kier alpha value is -2.58. The van der Waals surface area contributed by atoms with Gasteiger partial charge in [-0.1, -0.05) is 29.4 Å². The fraction of sp³-hybridized carbons (Fsp3) is 0. The number of pyridine rings is 2. The van der Waals surface area contributed by atoms with E-state index in [4.69, 9.17) is 17.3 Å². The normalized spacial score (nSPS) is 10.2. The molecule has 0 aliphatic rings. The van der Waals surface area contributed by atoms with Gasteiger partial charge in [0.2, 0.25) is 0 Å². The molecule has 0 unspecified atom stereocenters. The highest BCUT2D eigenvalue weighted by molar-refractivity contribution is 9.10. The maximum absolute atomic E-state index is 9.75. The molecule has 2 N–H and O–H groups in total. The molecule has 0 atom stereocenters. The summed E-state index contributed by atoms with van der Waals surface area (Å²) in [6, 6.07) is 16.6. The zero-order chi connectivity index (χ0) is 18.7. The van der Waals surface area contributed by atoms with Gasteiger partial charge in [-0.3, -0.25) is 0 Å². The van der Waals surface area contributed by atoms with Crippen LogP contribution in [0, 0.1) is 22.7 Å². The van der Waals surface area contributed by atoms with E-state index in [2.05, 4.69) is 32.0 Å². The lowest BCUT2D eigenvalue weighted by Gasteiger charge is -2.12. The molecule has 1 aromatic carbocycles. The van der Waals surface area contributed by atoms with Gasteiger partial charge in [0, 0.05) is 15.5 Å².